The summed E-state index contributed by atoms with van der Waals surface area (Å²) in [5, 5.41) is 14.4. The number of thioether (sulfide) groups is 1. The number of carbonyl (C=O) groups excluding carboxylic acids is 1. The van der Waals surface area contributed by atoms with Crippen LogP contribution in [-0.4, -0.2) is 31.4 Å². The molecule has 0 aliphatic heterocycles. The molecule has 7 nitrogen and oxygen atoms in total. The van der Waals surface area contributed by atoms with Crippen LogP contribution in [0, 0.1) is 0 Å². The molecule has 0 bridgehead atoms. The Kier molecular flexibility index (Phi) is 7.92. The van der Waals surface area contributed by atoms with E-state index in [1.54, 1.807) is 6.08 Å². The number of carbonyl (C=O) groups is 1. The van der Waals surface area contributed by atoms with E-state index in [1.165, 1.54) is 23.1 Å². The number of anilines is 1. The van der Waals surface area contributed by atoms with Gasteiger partial charge in [0.25, 0.3) is 0 Å². The van der Waals surface area contributed by atoms with Crippen LogP contribution in [0.2, 0.25) is 0 Å². The highest BCUT2D eigenvalue weighted by Gasteiger charge is 2.15. The van der Waals surface area contributed by atoms with E-state index < -0.39 is 0 Å². The molecule has 0 saturated carbocycles. The molecule has 1 amide bonds. The van der Waals surface area contributed by atoms with Crippen LogP contribution in [0.5, 0.6) is 5.75 Å². The molecule has 0 saturated heterocycles. The van der Waals surface area contributed by atoms with Gasteiger partial charge in [-0.25, -0.2) is 4.98 Å². The van der Waals surface area contributed by atoms with Crippen LogP contribution in [-0.2, 0) is 17.9 Å². The van der Waals surface area contributed by atoms with E-state index in [0.29, 0.717) is 22.7 Å². The molecule has 0 unspecified atom stereocenters. The molecule has 10 heteroatoms. The van der Waals surface area contributed by atoms with Crippen LogP contribution < -0.4 is 10.1 Å². The zero-order chi connectivity index (χ0) is 23.0. The quantitative estimate of drug-likeness (QED) is 0.206. The highest BCUT2D eigenvalue weighted by Crippen LogP contribution is 2.26. The number of hydrogen-bond acceptors (Lipinski definition) is 7. The molecule has 2 heterocycles. The van der Waals surface area contributed by atoms with Gasteiger partial charge in [0, 0.05) is 22.0 Å². The fourth-order valence-corrected chi connectivity index (χ4v) is 4.65. The van der Waals surface area contributed by atoms with Gasteiger partial charge in [-0.05, 0) is 24.3 Å². The average molecular weight is 542 g/mol. The van der Waals surface area contributed by atoms with E-state index in [1.807, 2.05) is 64.5 Å². The molecular weight excluding hydrogens is 522 g/mol. The maximum absolute atomic E-state index is 12.5. The maximum atomic E-state index is 12.5. The van der Waals surface area contributed by atoms with Gasteiger partial charge in [0.15, 0.2) is 16.1 Å². The van der Waals surface area contributed by atoms with E-state index in [2.05, 4.69) is 43.0 Å². The number of ether oxygens (including phenoxy) is 1. The molecule has 4 aromatic rings. The topological polar surface area (TPSA) is 81.9 Å². The summed E-state index contributed by atoms with van der Waals surface area (Å²) in [4.78, 5) is 17.0. The lowest BCUT2D eigenvalue weighted by Crippen LogP contribution is -2.15. The number of para-hydroxylation sites is 1. The third-order valence-corrected chi connectivity index (χ3v) is 6.69. The third-order valence-electron chi connectivity index (χ3n) is 4.44. The Morgan fingerprint density at radius 3 is 2.73 bits per heavy atom. The van der Waals surface area contributed by atoms with Crippen LogP contribution in [0.1, 0.15) is 5.82 Å². The molecule has 4 rings (SSSR count). The highest BCUT2D eigenvalue weighted by atomic mass is 79.9. The molecule has 0 aliphatic rings. The summed E-state index contributed by atoms with van der Waals surface area (Å²) in [5.41, 5.74) is 1.82. The summed E-state index contributed by atoms with van der Waals surface area (Å²) >= 11 is 6.13. The molecule has 0 atom stereocenters. The van der Waals surface area contributed by atoms with Crippen molar-refractivity contribution in [1.29, 1.82) is 0 Å². The molecule has 168 valence electrons. The van der Waals surface area contributed by atoms with Gasteiger partial charge in [-0.1, -0.05) is 64.1 Å². The predicted octanol–water partition coefficient (Wildman–Crippen LogP) is 5.66. The number of hydrogen-bond donors (Lipinski definition) is 1. The molecule has 1 N–H and O–H groups in total. The van der Waals surface area contributed by atoms with Crippen molar-refractivity contribution in [2.75, 3.05) is 11.1 Å². The Morgan fingerprint density at radius 1 is 1.18 bits per heavy atom. The number of halogens is 1. The fourth-order valence-electron chi connectivity index (χ4n) is 2.88. The molecule has 2 aromatic heterocycles. The Morgan fingerprint density at radius 2 is 1.97 bits per heavy atom. The number of nitrogens with zero attached hydrogens (tertiary/aromatic N) is 4. The van der Waals surface area contributed by atoms with Crippen molar-refractivity contribution >= 4 is 50.1 Å². The average Bonchev–Trinajstić information content (AvgIpc) is 3.45. The minimum atomic E-state index is -0.160. The van der Waals surface area contributed by atoms with Gasteiger partial charge in [0.05, 0.1) is 11.4 Å². The molecule has 33 heavy (non-hydrogen) atoms. The van der Waals surface area contributed by atoms with Crippen molar-refractivity contribution in [3.05, 3.63) is 82.9 Å². The number of nitrogens with one attached hydrogen (secondary N) is 1. The first-order chi connectivity index (χ1) is 16.1. The summed E-state index contributed by atoms with van der Waals surface area (Å²) in [6.45, 7) is 4.60. The van der Waals surface area contributed by atoms with Crippen LogP contribution in [0.15, 0.2) is 82.3 Å². The Balaban J connectivity index is 1.34. The van der Waals surface area contributed by atoms with Gasteiger partial charge >= 0.3 is 0 Å². The summed E-state index contributed by atoms with van der Waals surface area (Å²) in [7, 11) is 0. The zero-order valence-corrected chi connectivity index (χ0v) is 20.7. The Hall–Kier alpha value is -2.95. The predicted molar refractivity (Wildman–Crippen MR) is 136 cm³/mol. The van der Waals surface area contributed by atoms with E-state index >= 15 is 0 Å². The molecule has 0 radical (unpaired) electrons. The smallest absolute Gasteiger partial charge is 0.236 e. The standard InChI is InChI=1S/C23H20BrN5O2S2/c1-2-12-29-20(13-31-18-6-4-3-5-7-18)27-28-23(29)33-15-21(30)26-22-25-19(14-32-22)16-8-10-17(24)11-9-16/h2-11,14H,1,12-13,15H2,(H,25,26,30). The van der Waals surface area contributed by atoms with Crippen molar-refractivity contribution in [3.8, 4) is 17.0 Å². The lowest BCUT2D eigenvalue weighted by molar-refractivity contribution is -0.113. The lowest BCUT2D eigenvalue weighted by atomic mass is 10.2. The normalized spacial score (nSPS) is 10.7. The van der Waals surface area contributed by atoms with E-state index in [4.69, 9.17) is 4.74 Å². The summed E-state index contributed by atoms with van der Waals surface area (Å²) in [5.74, 6) is 1.44. The maximum Gasteiger partial charge on any atom is 0.236 e. The van der Waals surface area contributed by atoms with Gasteiger partial charge in [0.1, 0.15) is 12.4 Å². The van der Waals surface area contributed by atoms with Gasteiger partial charge in [0.2, 0.25) is 5.91 Å². The first-order valence-corrected chi connectivity index (χ1v) is 12.6. The largest absolute Gasteiger partial charge is 0.486 e. The number of allylic oxidation sites excluding steroid dienone is 1. The van der Waals surface area contributed by atoms with Crippen LogP contribution in [0.3, 0.4) is 0 Å². The summed E-state index contributed by atoms with van der Waals surface area (Å²) < 4.78 is 8.68. The minimum Gasteiger partial charge on any atom is -0.486 e. The first kappa shape index (κ1) is 23.2. The monoisotopic (exact) mass is 541 g/mol. The second kappa shape index (κ2) is 11.3. The Bertz CT molecular complexity index is 1230. The number of benzene rings is 2. The van der Waals surface area contributed by atoms with Gasteiger partial charge in [-0.3, -0.25) is 9.36 Å². The molecule has 0 fully saturated rings. The number of rotatable bonds is 10. The van der Waals surface area contributed by atoms with Crippen molar-refractivity contribution in [2.45, 2.75) is 18.3 Å². The molecule has 0 aliphatic carbocycles. The Labute approximate surface area is 208 Å². The van der Waals surface area contributed by atoms with E-state index in [9.17, 15) is 4.79 Å². The SMILES string of the molecule is C=CCn1c(COc2ccccc2)nnc1SCC(=O)Nc1nc(-c2ccc(Br)cc2)cs1. The van der Waals surface area contributed by atoms with Gasteiger partial charge < -0.3 is 10.1 Å². The third kappa shape index (κ3) is 6.31. The van der Waals surface area contributed by atoms with E-state index in [0.717, 1.165) is 21.5 Å². The number of aromatic nitrogens is 4. The van der Waals surface area contributed by atoms with Gasteiger partial charge in [-0.2, -0.15) is 0 Å². The summed E-state index contributed by atoms with van der Waals surface area (Å²) in [6.07, 6.45) is 1.76. The van der Waals surface area contributed by atoms with Crippen LogP contribution >= 0.6 is 39.0 Å². The van der Waals surface area contributed by atoms with Crippen molar-refractivity contribution in [2.24, 2.45) is 0 Å². The minimum absolute atomic E-state index is 0.160. The molecular formula is C23H20BrN5O2S2. The first-order valence-electron chi connectivity index (χ1n) is 9.97. The van der Waals surface area contributed by atoms with Crippen molar-refractivity contribution in [3.63, 3.8) is 0 Å². The lowest BCUT2D eigenvalue weighted by Gasteiger charge is -2.09. The summed E-state index contributed by atoms with van der Waals surface area (Å²) in [6, 6.07) is 17.4. The number of thiazole rings is 1. The molecule has 0 spiro atoms. The highest BCUT2D eigenvalue weighted by molar-refractivity contribution is 9.10. The van der Waals surface area contributed by atoms with Gasteiger partial charge in [-0.15, -0.1) is 28.1 Å². The zero-order valence-electron chi connectivity index (χ0n) is 17.5. The molecule has 2 aromatic carbocycles. The fraction of sp³-hybridized carbons (Fsp3) is 0.130. The van der Waals surface area contributed by atoms with Crippen molar-refractivity contribution in [1.82, 2.24) is 19.7 Å². The second-order valence-corrected chi connectivity index (χ2v) is 9.50. The van der Waals surface area contributed by atoms with Crippen molar-refractivity contribution < 1.29 is 9.53 Å². The van der Waals surface area contributed by atoms with E-state index in [-0.39, 0.29) is 18.3 Å². The van der Waals surface area contributed by atoms with Crippen LogP contribution in [0.25, 0.3) is 11.3 Å². The van der Waals surface area contributed by atoms with Crippen LogP contribution in [0.4, 0.5) is 5.13 Å². The second-order valence-electron chi connectivity index (χ2n) is 6.78. The number of amides is 1.